The predicted molar refractivity (Wildman–Crippen MR) is 34.0 cm³/mol. The lowest BCUT2D eigenvalue weighted by atomic mass is 10.0. The van der Waals surface area contributed by atoms with Crippen molar-refractivity contribution in [1.82, 2.24) is 0 Å². The minimum Gasteiger partial charge on any atom is -0.326 e. The molecule has 0 nitrogen and oxygen atoms in total. The highest BCUT2D eigenvalue weighted by molar-refractivity contribution is 4.67. The fourth-order valence-electron chi connectivity index (χ4n) is 0.569. The van der Waals surface area contributed by atoms with Crippen molar-refractivity contribution in [2.45, 2.75) is 33.6 Å². The molecule has 0 bridgehead atoms. The first-order valence-electron chi connectivity index (χ1n) is 3.14. The third-order valence-corrected chi connectivity index (χ3v) is 1.28. The Bertz CT molecular complexity index is 31.0. The molecule has 0 rings (SSSR count). The second-order valence-electron chi connectivity index (χ2n) is 2.03. The molecule has 44 valence electrons. The van der Waals surface area contributed by atoms with Gasteiger partial charge in [0.2, 0.25) is 0 Å². The van der Waals surface area contributed by atoms with E-state index < -0.39 is 0 Å². The second kappa shape index (κ2) is 4.17. The van der Waals surface area contributed by atoms with E-state index in [1.165, 1.54) is 12.8 Å². The zero-order valence-electron chi connectivity index (χ0n) is 5.57. The molecular weight excluding hydrogens is 84.1 g/mol. The Morgan fingerprint density at radius 1 is 1.43 bits per heavy atom. The Balaban J connectivity index is 2.83. The van der Waals surface area contributed by atoms with E-state index in [1.807, 2.05) is 0 Å². The van der Waals surface area contributed by atoms with Gasteiger partial charge in [0.15, 0.2) is 0 Å². The minimum absolute atomic E-state index is 0.824. The SMILES string of the molecule is CC[CH-]C(C)CC. The van der Waals surface area contributed by atoms with E-state index in [0.29, 0.717) is 0 Å². The molecular formula is C7H15-. The van der Waals surface area contributed by atoms with Crippen molar-refractivity contribution in [3.63, 3.8) is 0 Å². The van der Waals surface area contributed by atoms with Crippen molar-refractivity contribution in [2.75, 3.05) is 0 Å². The van der Waals surface area contributed by atoms with Crippen molar-refractivity contribution >= 4 is 0 Å². The number of hydrogen-bond donors (Lipinski definition) is 0. The Morgan fingerprint density at radius 2 is 2.00 bits per heavy atom. The van der Waals surface area contributed by atoms with Crippen LogP contribution in [0.4, 0.5) is 0 Å². The summed E-state index contributed by atoms with van der Waals surface area (Å²) in [5, 5.41) is 0. The summed E-state index contributed by atoms with van der Waals surface area (Å²) < 4.78 is 0. The molecule has 7 heavy (non-hydrogen) atoms. The van der Waals surface area contributed by atoms with Crippen molar-refractivity contribution in [1.29, 1.82) is 0 Å². The van der Waals surface area contributed by atoms with Crippen LogP contribution in [-0.2, 0) is 0 Å². The van der Waals surface area contributed by atoms with Crippen molar-refractivity contribution in [3.8, 4) is 0 Å². The van der Waals surface area contributed by atoms with Gasteiger partial charge in [-0.15, -0.1) is 0 Å². The summed E-state index contributed by atoms with van der Waals surface area (Å²) in [5.74, 6) is 0.824. The smallest absolute Gasteiger partial charge is 0.0676 e. The van der Waals surface area contributed by atoms with Gasteiger partial charge in [-0.1, -0.05) is 27.2 Å². The van der Waals surface area contributed by atoms with E-state index in [-0.39, 0.29) is 0 Å². The molecule has 0 heterocycles. The maximum atomic E-state index is 2.35. The normalized spacial score (nSPS) is 14.1. The first kappa shape index (κ1) is 7.00. The van der Waals surface area contributed by atoms with Crippen LogP contribution in [0.5, 0.6) is 0 Å². The fraction of sp³-hybridized carbons (Fsp3) is 0.857. The summed E-state index contributed by atoms with van der Waals surface area (Å²) in [5.41, 5.74) is 0. The Labute approximate surface area is 46.9 Å². The fourth-order valence-corrected chi connectivity index (χ4v) is 0.569. The van der Waals surface area contributed by atoms with Crippen LogP contribution >= 0.6 is 0 Å². The van der Waals surface area contributed by atoms with Gasteiger partial charge in [-0.05, 0) is 0 Å². The molecule has 0 aromatic heterocycles. The van der Waals surface area contributed by atoms with Gasteiger partial charge in [-0.25, -0.2) is 0 Å². The van der Waals surface area contributed by atoms with Crippen LogP contribution in [0.25, 0.3) is 0 Å². The van der Waals surface area contributed by atoms with Crippen LogP contribution in [0, 0.1) is 12.3 Å². The van der Waals surface area contributed by atoms with Crippen LogP contribution < -0.4 is 0 Å². The average Bonchev–Trinajstić information content (AvgIpc) is 1.68. The Kier molecular flexibility index (Phi) is 4.17. The maximum absolute atomic E-state index is 2.35. The van der Waals surface area contributed by atoms with E-state index in [0.717, 1.165) is 5.92 Å². The molecule has 0 aliphatic carbocycles. The first-order valence-corrected chi connectivity index (χ1v) is 3.14. The first-order chi connectivity index (χ1) is 3.31. The highest BCUT2D eigenvalue weighted by Gasteiger charge is 1.80. The molecule has 0 aliphatic rings. The van der Waals surface area contributed by atoms with Gasteiger partial charge < -0.3 is 6.42 Å². The van der Waals surface area contributed by atoms with Gasteiger partial charge in [0.25, 0.3) is 0 Å². The summed E-state index contributed by atoms with van der Waals surface area (Å²) in [4.78, 5) is 0. The van der Waals surface area contributed by atoms with Crippen molar-refractivity contribution in [2.24, 2.45) is 5.92 Å². The summed E-state index contributed by atoms with van der Waals surface area (Å²) in [7, 11) is 0. The summed E-state index contributed by atoms with van der Waals surface area (Å²) in [6.07, 6.45) is 4.85. The number of rotatable bonds is 3. The zero-order chi connectivity index (χ0) is 5.70. The molecule has 1 atom stereocenters. The highest BCUT2D eigenvalue weighted by atomic mass is 14.0. The van der Waals surface area contributed by atoms with Gasteiger partial charge in [0, 0.05) is 0 Å². The molecule has 0 heteroatoms. The standard InChI is InChI=1S/C7H15/c1-4-6-7(3)5-2/h6-7H,4-5H2,1-3H3/q-1. The third kappa shape index (κ3) is 3.84. The van der Waals surface area contributed by atoms with E-state index in [9.17, 15) is 0 Å². The zero-order valence-corrected chi connectivity index (χ0v) is 5.57. The van der Waals surface area contributed by atoms with Crippen LogP contribution in [0.2, 0.25) is 0 Å². The topological polar surface area (TPSA) is 0 Å². The molecule has 0 aliphatic heterocycles. The summed E-state index contributed by atoms with van der Waals surface area (Å²) in [6.45, 7) is 6.66. The number of hydrogen-bond acceptors (Lipinski definition) is 0. The Hall–Kier alpha value is 0. The van der Waals surface area contributed by atoms with Crippen LogP contribution in [-0.4, -0.2) is 0 Å². The molecule has 0 amide bonds. The van der Waals surface area contributed by atoms with Crippen LogP contribution in [0.15, 0.2) is 0 Å². The summed E-state index contributed by atoms with van der Waals surface area (Å²) in [6, 6.07) is 0. The van der Waals surface area contributed by atoms with Crippen molar-refractivity contribution < 1.29 is 0 Å². The van der Waals surface area contributed by atoms with Gasteiger partial charge in [0.05, 0.1) is 0 Å². The van der Waals surface area contributed by atoms with E-state index in [1.54, 1.807) is 0 Å². The van der Waals surface area contributed by atoms with Crippen LogP contribution in [0.1, 0.15) is 33.6 Å². The van der Waals surface area contributed by atoms with Crippen LogP contribution in [0.3, 0.4) is 0 Å². The largest absolute Gasteiger partial charge is 0.326 e. The minimum atomic E-state index is 0.824. The monoisotopic (exact) mass is 99.1 g/mol. The average molecular weight is 99.2 g/mol. The van der Waals surface area contributed by atoms with Gasteiger partial charge >= 0.3 is 0 Å². The lowest BCUT2D eigenvalue weighted by Crippen LogP contribution is -1.89. The predicted octanol–water partition coefficient (Wildman–Crippen LogP) is 2.65. The van der Waals surface area contributed by atoms with Gasteiger partial charge in [0.1, 0.15) is 0 Å². The molecule has 0 N–H and O–H groups in total. The van der Waals surface area contributed by atoms with Crippen molar-refractivity contribution in [3.05, 3.63) is 6.42 Å². The molecule has 0 aromatic rings. The quantitative estimate of drug-likeness (QED) is 0.477. The third-order valence-electron chi connectivity index (χ3n) is 1.28. The van der Waals surface area contributed by atoms with Gasteiger partial charge in [-0.3, -0.25) is 0 Å². The lowest BCUT2D eigenvalue weighted by Gasteiger charge is -2.15. The Morgan fingerprint density at radius 3 is 2.14 bits per heavy atom. The molecule has 0 fully saturated rings. The van der Waals surface area contributed by atoms with E-state index in [4.69, 9.17) is 0 Å². The molecule has 0 radical (unpaired) electrons. The molecule has 0 spiro atoms. The van der Waals surface area contributed by atoms with Gasteiger partial charge in [-0.2, -0.15) is 12.3 Å². The molecule has 1 unspecified atom stereocenters. The highest BCUT2D eigenvalue weighted by Crippen LogP contribution is 2.05. The van der Waals surface area contributed by atoms with E-state index >= 15 is 0 Å². The molecule has 0 saturated carbocycles. The summed E-state index contributed by atoms with van der Waals surface area (Å²) >= 11 is 0. The lowest BCUT2D eigenvalue weighted by molar-refractivity contribution is 0.626. The molecule has 0 aromatic carbocycles. The second-order valence-corrected chi connectivity index (χ2v) is 2.03. The van der Waals surface area contributed by atoms with E-state index in [2.05, 4.69) is 27.2 Å². The molecule has 0 saturated heterocycles. The maximum Gasteiger partial charge on any atom is -0.0676 e.